The second kappa shape index (κ2) is 11.5. The maximum atomic E-state index is 12.2. The Morgan fingerprint density at radius 1 is 1.17 bits per heavy atom. The lowest BCUT2D eigenvalue weighted by Gasteiger charge is -2.36. The minimum absolute atomic E-state index is 0.0382. The molecule has 1 unspecified atom stereocenters. The van der Waals surface area contributed by atoms with Gasteiger partial charge in [-0.2, -0.15) is 0 Å². The van der Waals surface area contributed by atoms with Gasteiger partial charge in [0.05, 0.1) is 13.0 Å². The minimum atomic E-state index is -1.44. The van der Waals surface area contributed by atoms with Crippen LogP contribution >= 0.6 is 0 Å². The topological polar surface area (TPSA) is 164 Å². The van der Waals surface area contributed by atoms with Crippen LogP contribution in [0.2, 0.25) is 0 Å². The number of esters is 1. The fraction of sp³-hybridized carbons (Fsp3) is 0.833. The third kappa shape index (κ3) is 9.25. The standard InChI is InChI=1S/C18H30N2O10/c1-13(29-15(23)17(2,3)27-9-10-28-20(25)26)30-16(24)19-12-18(11-14(21)22)7-5-4-6-8-18/h13H,4-12H2,1-3H3,(H,19,24)(H,21,22). The summed E-state index contributed by atoms with van der Waals surface area (Å²) in [5, 5.41) is 20.8. The maximum absolute atomic E-state index is 12.2. The molecule has 1 aliphatic carbocycles. The third-order valence-corrected chi connectivity index (χ3v) is 4.83. The summed E-state index contributed by atoms with van der Waals surface area (Å²) < 4.78 is 15.2. The van der Waals surface area contributed by atoms with E-state index in [4.69, 9.17) is 19.3 Å². The van der Waals surface area contributed by atoms with Crippen LogP contribution in [-0.2, 0) is 28.6 Å². The number of nitrogens with one attached hydrogen (secondary N) is 1. The molecule has 0 aromatic heterocycles. The van der Waals surface area contributed by atoms with E-state index in [0.717, 1.165) is 19.3 Å². The molecule has 12 nitrogen and oxygen atoms in total. The number of rotatable bonds is 12. The molecule has 30 heavy (non-hydrogen) atoms. The first-order valence-electron chi connectivity index (χ1n) is 9.74. The molecule has 1 rings (SSSR count). The Labute approximate surface area is 174 Å². The van der Waals surface area contributed by atoms with E-state index >= 15 is 0 Å². The predicted molar refractivity (Wildman–Crippen MR) is 101 cm³/mol. The van der Waals surface area contributed by atoms with Crippen molar-refractivity contribution in [1.29, 1.82) is 0 Å². The summed E-state index contributed by atoms with van der Waals surface area (Å²) in [6, 6.07) is 0. The number of alkyl carbamates (subject to hydrolysis) is 1. The summed E-state index contributed by atoms with van der Waals surface area (Å²) in [4.78, 5) is 49.6. The van der Waals surface area contributed by atoms with Crippen molar-refractivity contribution < 1.29 is 43.6 Å². The van der Waals surface area contributed by atoms with Gasteiger partial charge in [-0.15, -0.1) is 10.1 Å². The van der Waals surface area contributed by atoms with Gasteiger partial charge in [-0.3, -0.25) is 4.79 Å². The molecular formula is C18H30N2O10. The van der Waals surface area contributed by atoms with E-state index in [2.05, 4.69) is 10.2 Å². The Hall–Kier alpha value is -2.63. The molecule has 12 heteroatoms. The van der Waals surface area contributed by atoms with Gasteiger partial charge in [0.2, 0.25) is 6.29 Å². The number of carbonyl (C=O) groups excluding carboxylic acids is 2. The lowest BCUT2D eigenvalue weighted by molar-refractivity contribution is -0.758. The monoisotopic (exact) mass is 434 g/mol. The van der Waals surface area contributed by atoms with E-state index in [1.165, 1.54) is 20.8 Å². The van der Waals surface area contributed by atoms with Crippen LogP contribution in [0.15, 0.2) is 0 Å². The number of carboxylic acid groups (broad SMARTS) is 1. The van der Waals surface area contributed by atoms with Gasteiger partial charge in [0.1, 0.15) is 6.61 Å². The smallest absolute Gasteiger partial charge is 0.410 e. The van der Waals surface area contributed by atoms with Gasteiger partial charge in [0.15, 0.2) is 5.60 Å². The fourth-order valence-electron chi connectivity index (χ4n) is 3.27. The third-order valence-electron chi connectivity index (χ3n) is 4.83. The number of hydrogen-bond donors (Lipinski definition) is 2. The highest BCUT2D eigenvalue weighted by atomic mass is 17.0. The number of ether oxygens (including phenoxy) is 3. The highest BCUT2D eigenvalue weighted by molar-refractivity contribution is 5.78. The van der Waals surface area contributed by atoms with Gasteiger partial charge < -0.3 is 29.5 Å². The molecule has 0 aromatic rings. The molecule has 0 heterocycles. The van der Waals surface area contributed by atoms with Crippen molar-refractivity contribution in [3.8, 4) is 0 Å². The fourth-order valence-corrected chi connectivity index (χ4v) is 3.27. The van der Waals surface area contributed by atoms with Crippen molar-refractivity contribution in [1.82, 2.24) is 5.32 Å². The largest absolute Gasteiger partial charge is 0.481 e. The highest BCUT2D eigenvalue weighted by Crippen LogP contribution is 2.38. The number of aliphatic carboxylic acids is 1. The van der Waals surface area contributed by atoms with E-state index in [9.17, 15) is 24.5 Å². The molecule has 172 valence electrons. The molecule has 2 N–H and O–H groups in total. The Kier molecular flexibility index (Phi) is 9.76. The molecule has 1 atom stereocenters. The highest BCUT2D eigenvalue weighted by Gasteiger charge is 2.36. The molecule has 1 amide bonds. The molecule has 0 aliphatic heterocycles. The quantitative estimate of drug-likeness (QED) is 0.153. The first-order valence-corrected chi connectivity index (χ1v) is 9.74. The molecular weight excluding hydrogens is 404 g/mol. The van der Waals surface area contributed by atoms with Crippen LogP contribution in [0, 0.1) is 15.5 Å². The normalized spacial score (nSPS) is 16.8. The van der Waals surface area contributed by atoms with Crippen LogP contribution in [0.1, 0.15) is 59.3 Å². The van der Waals surface area contributed by atoms with Gasteiger partial charge in [0.25, 0.3) is 5.09 Å². The maximum Gasteiger partial charge on any atom is 0.410 e. The summed E-state index contributed by atoms with van der Waals surface area (Å²) in [7, 11) is 0. The van der Waals surface area contributed by atoms with Crippen LogP contribution in [0.25, 0.3) is 0 Å². The van der Waals surface area contributed by atoms with Crippen LogP contribution in [0.5, 0.6) is 0 Å². The Bertz CT molecular complexity index is 616. The minimum Gasteiger partial charge on any atom is -0.481 e. The molecule has 0 bridgehead atoms. The van der Waals surface area contributed by atoms with Crippen molar-refractivity contribution >= 4 is 18.0 Å². The SMILES string of the molecule is CC(OC(=O)NCC1(CC(=O)O)CCCCC1)OC(=O)C(C)(C)OCCO[N+](=O)[O-]. The summed E-state index contributed by atoms with van der Waals surface area (Å²) in [5.74, 6) is -1.75. The van der Waals surface area contributed by atoms with Crippen LogP contribution < -0.4 is 5.32 Å². The van der Waals surface area contributed by atoms with E-state index in [0.29, 0.717) is 12.8 Å². The second-order valence-corrected chi connectivity index (χ2v) is 7.78. The average molecular weight is 434 g/mol. The molecule has 0 radical (unpaired) electrons. The zero-order valence-electron chi connectivity index (χ0n) is 17.5. The zero-order chi connectivity index (χ0) is 22.8. The second-order valence-electron chi connectivity index (χ2n) is 7.78. The Morgan fingerprint density at radius 2 is 1.80 bits per heavy atom. The summed E-state index contributed by atoms with van der Waals surface area (Å²) in [5.41, 5.74) is -1.95. The number of nitrogens with zero attached hydrogens (tertiary/aromatic N) is 1. The first-order chi connectivity index (χ1) is 14.0. The summed E-state index contributed by atoms with van der Waals surface area (Å²) in [6.45, 7) is 3.72. The van der Waals surface area contributed by atoms with Gasteiger partial charge in [-0.25, -0.2) is 9.59 Å². The lowest BCUT2D eigenvalue weighted by Crippen LogP contribution is -2.43. The van der Waals surface area contributed by atoms with E-state index < -0.39 is 40.4 Å². The van der Waals surface area contributed by atoms with Crippen LogP contribution in [0.4, 0.5) is 4.79 Å². The first kappa shape index (κ1) is 25.4. The van der Waals surface area contributed by atoms with E-state index in [-0.39, 0.29) is 26.2 Å². The van der Waals surface area contributed by atoms with Gasteiger partial charge in [-0.1, -0.05) is 19.3 Å². The summed E-state index contributed by atoms with van der Waals surface area (Å²) >= 11 is 0. The molecule has 0 saturated heterocycles. The molecule has 1 aliphatic rings. The number of carbonyl (C=O) groups is 3. The number of carboxylic acids is 1. The molecule has 0 spiro atoms. The lowest BCUT2D eigenvalue weighted by atomic mass is 9.72. The van der Waals surface area contributed by atoms with Crippen molar-refractivity contribution in [2.75, 3.05) is 19.8 Å². The Morgan fingerprint density at radius 3 is 2.37 bits per heavy atom. The number of amides is 1. The zero-order valence-corrected chi connectivity index (χ0v) is 17.5. The van der Waals surface area contributed by atoms with Crippen LogP contribution in [-0.4, -0.2) is 59.9 Å². The number of hydrogen-bond acceptors (Lipinski definition) is 9. The van der Waals surface area contributed by atoms with Crippen molar-refractivity contribution in [3.05, 3.63) is 10.1 Å². The molecule has 1 fully saturated rings. The van der Waals surface area contributed by atoms with Gasteiger partial charge >= 0.3 is 18.0 Å². The summed E-state index contributed by atoms with van der Waals surface area (Å²) in [6.07, 6.45) is 2.16. The van der Waals surface area contributed by atoms with Gasteiger partial charge in [0, 0.05) is 13.5 Å². The van der Waals surface area contributed by atoms with E-state index in [1.54, 1.807) is 0 Å². The Balaban J connectivity index is 2.44. The average Bonchev–Trinajstić information content (AvgIpc) is 2.63. The molecule has 1 saturated carbocycles. The van der Waals surface area contributed by atoms with E-state index in [1.807, 2.05) is 0 Å². The van der Waals surface area contributed by atoms with Crippen molar-refractivity contribution in [2.24, 2.45) is 5.41 Å². The van der Waals surface area contributed by atoms with Crippen molar-refractivity contribution in [2.45, 2.75) is 71.2 Å². The predicted octanol–water partition coefficient (Wildman–Crippen LogP) is 2.03. The molecule has 0 aromatic carbocycles. The van der Waals surface area contributed by atoms with Crippen molar-refractivity contribution in [3.63, 3.8) is 0 Å². The van der Waals surface area contributed by atoms with Gasteiger partial charge in [-0.05, 0) is 32.1 Å². The van der Waals surface area contributed by atoms with Crippen LogP contribution in [0.3, 0.4) is 0 Å².